The van der Waals surface area contributed by atoms with Crippen LogP contribution in [0.1, 0.15) is 31.9 Å². The molecule has 116 valence electrons. The van der Waals surface area contributed by atoms with Gasteiger partial charge in [-0.25, -0.2) is 0 Å². The number of rotatable bonds is 7. The monoisotopic (exact) mass is 293 g/mol. The van der Waals surface area contributed by atoms with Crippen LogP contribution in [0.2, 0.25) is 0 Å². The Morgan fingerprint density at radius 2 is 2.29 bits per heavy atom. The molecule has 0 bridgehead atoms. The average molecular weight is 293 g/mol. The lowest BCUT2D eigenvalue weighted by atomic mass is 10.2. The first-order chi connectivity index (χ1) is 10.2. The molecule has 1 aromatic heterocycles. The average Bonchev–Trinajstić information content (AvgIpc) is 3.14. The zero-order valence-corrected chi connectivity index (χ0v) is 12.4. The highest BCUT2D eigenvalue weighted by Gasteiger charge is 2.31. The number of amides is 2. The fraction of sp³-hybridized carbons (Fsp3) is 0.600. The van der Waals surface area contributed by atoms with Crippen LogP contribution >= 0.6 is 0 Å². The van der Waals surface area contributed by atoms with E-state index in [0.717, 1.165) is 31.6 Å². The summed E-state index contributed by atoms with van der Waals surface area (Å²) in [6, 6.07) is 3.40. The Morgan fingerprint density at radius 1 is 1.43 bits per heavy atom. The van der Waals surface area contributed by atoms with E-state index < -0.39 is 0 Å². The van der Waals surface area contributed by atoms with Gasteiger partial charge in [-0.1, -0.05) is 6.92 Å². The summed E-state index contributed by atoms with van der Waals surface area (Å²) in [6.07, 6.45) is 4.24. The third-order valence-corrected chi connectivity index (χ3v) is 3.60. The van der Waals surface area contributed by atoms with E-state index >= 15 is 0 Å². The normalized spacial score (nSPS) is 18.6. The number of hydrogen-bond acceptors (Lipinski definition) is 4. The molecule has 0 saturated carbocycles. The zero-order chi connectivity index (χ0) is 15.1. The van der Waals surface area contributed by atoms with Gasteiger partial charge in [-0.05, 0) is 37.9 Å². The van der Waals surface area contributed by atoms with Crippen LogP contribution in [0.5, 0.6) is 0 Å². The van der Waals surface area contributed by atoms with Gasteiger partial charge in [0.2, 0.25) is 11.8 Å². The lowest BCUT2D eigenvalue weighted by Crippen LogP contribution is -2.46. The van der Waals surface area contributed by atoms with Gasteiger partial charge in [-0.15, -0.1) is 0 Å². The van der Waals surface area contributed by atoms with E-state index in [-0.39, 0.29) is 17.9 Å². The summed E-state index contributed by atoms with van der Waals surface area (Å²) in [4.78, 5) is 25.9. The standard InChI is InChI=1S/C15H23N3O3/c1-2-7-16-14(19)11-18-8-3-6-13(18)15(20)17-10-12-5-4-9-21-12/h4-5,9,13H,2-3,6-8,10-11H2,1H3,(H,16,19)(H,17,20). The molecule has 0 aromatic carbocycles. The molecule has 1 atom stereocenters. The molecule has 0 radical (unpaired) electrons. The number of carbonyl (C=O) groups is 2. The summed E-state index contributed by atoms with van der Waals surface area (Å²) in [5.41, 5.74) is 0. The Labute approximate surface area is 124 Å². The van der Waals surface area contributed by atoms with Gasteiger partial charge in [-0.2, -0.15) is 0 Å². The van der Waals surface area contributed by atoms with Crippen LogP contribution in [0, 0.1) is 0 Å². The number of nitrogens with zero attached hydrogens (tertiary/aromatic N) is 1. The highest BCUT2D eigenvalue weighted by Crippen LogP contribution is 2.17. The second-order valence-corrected chi connectivity index (χ2v) is 5.28. The first-order valence-corrected chi connectivity index (χ1v) is 7.51. The maximum Gasteiger partial charge on any atom is 0.237 e. The maximum atomic E-state index is 12.2. The van der Waals surface area contributed by atoms with E-state index in [4.69, 9.17) is 4.42 Å². The third kappa shape index (κ3) is 4.60. The molecule has 1 aliphatic heterocycles. The van der Waals surface area contributed by atoms with Gasteiger partial charge in [0.05, 0.1) is 25.4 Å². The molecule has 2 rings (SSSR count). The van der Waals surface area contributed by atoms with Crippen molar-refractivity contribution in [3.8, 4) is 0 Å². The molecule has 1 aromatic rings. The van der Waals surface area contributed by atoms with Crippen molar-refractivity contribution < 1.29 is 14.0 Å². The van der Waals surface area contributed by atoms with Crippen molar-refractivity contribution >= 4 is 11.8 Å². The number of carbonyl (C=O) groups excluding carboxylic acids is 2. The van der Waals surface area contributed by atoms with Gasteiger partial charge in [0.25, 0.3) is 0 Å². The zero-order valence-electron chi connectivity index (χ0n) is 12.4. The van der Waals surface area contributed by atoms with Crippen LogP contribution in [0.25, 0.3) is 0 Å². The van der Waals surface area contributed by atoms with E-state index in [1.54, 1.807) is 12.3 Å². The molecule has 1 saturated heterocycles. The van der Waals surface area contributed by atoms with Crippen LogP contribution < -0.4 is 10.6 Å². The quantitative estimate of drug-likeness (QED) is 0.783. The smallest absolute Gasteiger partial charge is 0.237 e. The van der Waals surface area contributed by atoms with Crippen LogP contribution in [0.15, 0.2) is 22.8 Å². The molecule has 6 nitrogen and oxygen atoms in total. The second kappa shape index (κ2) is 7.83. The van der Waals surface area contributed by atoms with Crippen LogP contribution in [0.3, 0.4) is 0 Å². The number of likely N-dealkylation sites (tertiary alicyclic amines) is 1. The summed E-state index contributed by atoms with van der Waals surface area (Å²) < 4.78 is 5.19. The first kappa shape index (κ1) is 15.6. The largest absolute Gasteiger partial charge is 0.467 e. The van der Waals surface area contributed by atoms with Crippen LogP contribution in [-0.2, 0) is 16.1 Å². The van der Waals surface area contributed by atoms with Crippen LogP contribution in [0.4, 0.5) is 0 Å². The molecule has 1 fully saturated rings. The summed E-state index contributed by atoms with van der Waals surface area (Å²) >= 11 is 0. The maximum absolute atomic E-state index is 12.2. The Bertz CT molecular complexity index is 459. The number of nitrogens with one attached hydrogen (secondary N) is 2. The molecular formula is C15H23N3O3. The molecule has 2 amide bonds. The van der Waals surface area contributed by atoms with Gasteiger partial charge in [0.15, 0.2) is 0 Å². The summed E-state index contributed by atoms with van der Waals surface area (Å²) in [6.45, 7) is 4.17. The minimum absolute atomic E-state index is 0.0115. The Hall–Kier alpha value is -1.82. The minimum atomic E-state index is -0.215. The van der Waals surface area contributed by atoms with Crippen molar-refractivity contribution in [2.24, 2.45) is 0 Å². The summed E-state index contributed by atoms with van der Waals surface area (Å²) in [5.74, 6) is 0.684. The van der Waals surface area contributed by atoms with Crippen molar-refractivity contribution in [3.63, 3.8) is 0 Å². The fourth-order valence-electron chi connectivity index (χ4n) is 2.52. The Balaban J connectivity index is 1.80. The molecule has 21 heavy (non-hydrogen) atoms. The third-order valence-electron chi connectivity index (χ3n) is 3.60. The van der Waals surface area contributed by atoms with Crippen molar-refractivity contribution in [1.82, 2.24) is 15.5 Å². The topological polar surface area (TPSA) is 74.6 Å². The molecule has 2 heterocycles. The molecule has 1 aliphatic rings. The summed E-state index contributed by atoms with van der Waals surface area (Å²) in [5, 5.41) is 5.71. The van der Waals surface area contributed by atoms with Crippen LogP contribution in [-0.4, -0.2) is 42.4 Å². The molecular weight excluding hydrogens is 270 g/mol. The molecule has 2 N–H and O–H groups in total. The van der Waals surface area contributed by atoms with E-state index in [1.165, 1.54) is 0 Å². The van der Waals surface area contributed by atoms with E-state index in [2.05, 4.69) is 10.6 Å². The summed E-state index contributed by atoms with van der Waals surface area (Å²) in [7, 11) is 0. The van der Waals surface area contributed by atoms with Gasteiger partial charge >= 0.3 is 0 Å². The van der Waals surface area contributed by atoms with Gasteiger partial charge in [0.1, 0.15) is 5.76 Å². The first-order valence-electron chi connectivity index (χ1n) is 7.51. The van der Waals surface area contributed by atoms with Crippen molar-refractivity contribution in [3.05, 3.63) is 24.2 Å². The van der Waals surface area contributed by atoms with E-state index in [1.807, 2.05) is 17.9 Å². The van der Waals surface area contributed by atoms with Crippen molar-refractivity contribution in [2.45, 2.75) is 38.8 Å². The van der Waals surface area contributed by atoms with Gasteiger partial charge in [-0.3, -0.25) is 14.5 Å². The Kier molecular flexibility index (Phi) is 5.80. The lowest BCUT2D eigenvalue weighted by molar-refractivity contribution is -0.127. The molecule has 6 heteroatoms. The number of hydrogen-bond donors (Lipinski definition) is 2. The predicted molar refractivity (Wildman–Crippen MR) is 78.5 cm³/mol. The highest BCUT2D eigenvalue weighted by atomic mass is 16.3. The SMILES string of the molecule is CCCNC(=O)CN1CCCC1C(=O)NCc1ccco1. The van der Waals surface area contributed by atoms with Gasteiger partial charge in [0, 0.05) is 6.54 Å². The molecule has 1 unspecified atom stereocenters. The highest BCUT2D eigenvalue weighted by molar-refractivity contribution is 5.84. The van der Waals surface area contributed by atoms with E-state index in [9.17, 15) is 9.59 Å². The molecule has 0 aliphatic carbocycles. The van der Waals surface area contributed by atoms with Crippen molar-refractivity contribution in [2.75, 3.05) is 19.6 Å². The predicted octanol–water partition coefficient (Wildman–Crippen LogP) is 0.886. The fourth-order valence-corrected chi connectivity index (χ4v) is 2.52. The minimum Gasteiger partial charge on any atom is -0.467 e. The number of furan rings is 1. The van der Waals surface area contributed by atoms with E-state index in [0.29, 0.717) is 19.6 Å². The second-order valence-electron chi connectivity index (χ2n) is 5.28. The Morgan fingerprint density at radius 3 is 3.00 bits per heavy atom. The lowest BCUT2D eigenvalue weighted by Gasteiger charge is -2.22. The van der Waals surface area contributed by atoms with Crippen molar-refractivity contribution in [1.29, 1.82) is 0 Å². The van der Waals surface area contributed by atoms with Gasteiger partial charge < -0.3 is 15.1 Å². The molecule has 0 spiro atoms.